The van der Waals surface area contributed by atoms with Gasteiger partial charge in [0.2, 0.25) is 5.91 Å². The summed E-state index contributed by atoms with van der Waals surface area (Å²) in [6.45, 7) is 5.34. The molecule has 2 N–H and O–H groups in total. The van der Waals surface area contributed by atoms with Gasteiger partial charge in [-0.3, -0.25) is 9.59 Å². The van der Waals surface area contributed by atoms with Gasteiger partial charge in [-0.15, -0.1) is 0 Å². The van der Waals surface area contributed by atoms with E-state index in [0.717, 1.165) is 18.4 Å². The van der Waals surface area contributed by atoms with Crippen molar-refractivity contribution in [2.45, 2.75) is 50.6 Å². The average molecular weight is 536 g/mol. The lowest BCUT2D eigenvalue weighted by Gasteiger charge is -2.37. The van der Waals surface area contributed by atoms with Gasteiger partial charge < -0.3 is 15.3 Å². The molecular formula is C29H33N3O5S. The van der Waals surface area contributed by atoms with E-state index in [9.17, 15) is 23.1 Å². The van der Waals surface area contributed by atoms with Gasteiger partial charge in [-0.2, -0.15) is 0 Å². The Bertz CT molecular complexity index is 1400. The number of aryl methyl sites for hydroxylation is 1. The highest BCUT2D eigenvalue weighted by molar-refractivity contribution is 7.91. The highest BCUT2D eigenvalue weighted by atomic mass is 32.2. The van der Waals surface area contributed by atoms with E-state index >= 15 is 0 Å². The maximum absolute atomic E-state index is 13.4. The molecule has 1 aromatic heterocycles. The van der Waals surface area contributed by atoms with E-state index < -0.39 is 15.4 Å². The number of aliphatic hydroxyl groups excluding tert-OH is 1. The minimum absolute atomic E-state index is 0.0303. The highest BCUT2D eigenvalue weighted by Gasteiger charge is 2.32. The molecule has 1 heterocycles. The number of benzene rings is 2. The van der Waals surface area contributed by atoms with Crippen LogP contribution >= 0.6 is 0 Å². The minimum atomic E-state index is -3.40. The number of carbonyl (C=O) groups is 2. The Hall–Kier alpha value is -3.56. The molecule has 0 radical (unpaired) electrons. The zero-order valence-corrected chi connectivity index (χ0v) is 22.7. The van der Waals surface area contributed by atoms with Gasteiger partial charge in [0, 0.05) is 23.1 Å². The van der Waals surface area contributed by atoms with Crippen LogP contribution in [0.4, 0.5) is 11.4 Å². The third kappa shape index (κ3) is 6.65. The summed E-state index contributed by atoms with van der Waals surface area (Å²) in [6, 6.07) is 17.2. The van der Waals surface area contributed by atoms with Crippen LogP contribution < -0.4 is 10.2 Å². The maximum atomic E-state index is 13.4. The van der Waals surface area contributed by atoms with Crippen molar-refractivity contribution >= 4 is 33.0 Å². The first-order valence-electron chi connectivity index (χ1n) is 12.6. The molecule has 1 fully saturated rings. The van der Waals surface area contributed by atoms with Gasteiger partial charge in [0.15, 0.2) is 14.9 Å². The Morgan fingerprint density at radius 1 is 1.03 bits per heavy atom. The van der Waals surface area contributed by atoms with E-state index in [-0.39, 0.29) is 41.5 Å². The third-order valence-corrected chi connectivity index (χ3v) is 8.33. The molecule has 0 bridgehead atoms. The summed E-state index contributed by atoms with van der Waals surface area (Å²) >= 11 is 0. The normalized spacial score (nSPS) is 13.7. The molecular weight excluding hydrogens is 502 g/mol. The summed E-state index contributed by atoms with van der Waals surface area (Å²) in [7, 11) is -3.40. The van der Waals surface area contributed by atoms with Crippen LogP contribution in [0, 0.1) is 12.8 Å². The zero-order chi connectivity index (χ0) is 27.5. The van der Waals surface area contributed by atoms with Crippen molar-refractivity contribution in [3.05, 3.63) is 83.6 Å². The van der Waals surface area contributed by atoms with Crippen LogP contribution in [0.2, 0.25) is 0 Å². The lowest BCUT2D eigenvalue weighted by Crippen LogP contribution is -2.50. The monoisotopic (exact) mass is 535 g/mol. The van der Waals surface area contributed by atoms with Crippen LogP contribution in [0.15, 0.2) is 71.9 Å². The predicted octanol–water partition coefficient (Wildman–Crippen LogP) is 4.17. The first-order chi connectivity index (χ1) is 18.0. The van der Waals surface area contributed by atoms with Crippen molar-refractivity contribution in [2.75, 3.05) is 22.6 Å². The minimum Gasteiger partial charge on any atom is -0.394 e. The fourth-order valence-corrected chi connectivity index (χ4v) is 5.72. The number of hydrogen-bond donors (Lipinski definition) is 2. The van der Waals surface area contributed by atoms with Crippen LogP contribution in [-0.2, 0) is 21.1 Å². The highest BCUT2D eigenvalue weighted by Crippen LogP contribution is 2.32. The first kappa shape index (κ1) is 27.5. The van der Waals surface area contributed by atoms with Crippen molar-refractivity contribution in [1.29, 1.82) is 0 Å². The van der Waals surface area contributed by atoms with Crippen LogP contribution in [-0.4, -0.2) is 48.2 Å². The van der Waals surface area contributed by atoms with Crippen molar-refractivity contribution in [3.8, 4) is 0 Å². The number of amides is 2. The number of nitrogens with zero attached hydrogens (tertiary/aromatic N) is 2. The fraction of sp³-hybridized carbons (Fsp3) is 0.345. The number of rotatable bonds is 10. The van der Waals surface area contributed by atoms with Crippen LogP contribution in [0.5, 0.6) is 0 Å². The summed E-state index contributed by atoms with van der Waals surface area (Å²) in [4.78, 5) is 31.7. The third-order valence-electron chi connectivity index (χ3n) is 6.54. The van der Waals surface area contributed by atoms with E-state index in [4.69, 9.17) is 0 Å². The molecule has 1 aliphatic rings. The van der Waals surface area contributed by atoms with Crippen molar-refractivity contribution < 1.29 is 23.1 Å². The van der Waals surface area contributed by atoms with Gasteiger partial charge in [0.1, 0.15) is 0 Å². The predicted molar refractivity (Wildman–Crippen MR) is 147 cm³/mol. The number of hydrogen-bond acceptors (Lipinski definition) is 6. The summed E-state index contributed by atoms with van der Waals surface area (Å²) in [5.74, 6) is -0.199. The molecule has 38 heavy (non-hydrogen) atoms. The zero-order valence-electron chi connectivity index (χ0n) is 21.8. The molecule has 2 aromatic carbocycles. The molecule has 200 valence electrons. The molecule has 1 saturated carbocycles. The molecule has 0 spiro atoms. The van der Waals surface area contributed by atoms with E-state index in [1.54, 1.807) is 49.1 Å². The number of sulfone groups is 1. The van der Waals surface area contributed by atoms with E-state index in [2.05, 4.69) is 10.3 Å². The number of pyridine rings is 1. The largest absolute Gasteiger partial charge is 0.394 e. The maximum Gasteiger partial charge on any atom is 0.258 e. The molecule has 0 unspecified atom stereocenters. The van der Waals surface area contributed by atoms with Gasteiger partial charge in [-0.05, 0) is 87.6 Å². The SMILES string of the molecule is Cc1ccc(N(C(=O)c2ccc(NC(=O)Cc3ccc(S(=O)(=O)CC4CC4)nc3)cc2)C(C)(C)CO)cc1. The van der Waals surface area contributed by atoms with Gasteiger partial charge >= 0.3 is 0 Å². The summed E-state index contributed by atoms with van der Waals surface area (Å²) < 4.78 is 24.7. The van der Waals surface area contributed by atoms with Crippen molar-refractivity contribution in [1.82, 2.24) is 4.98 Å². The second-order valence-corrected chi connectivity index (χ2v) is 12.5. The van der Waals surface area contributed by atoms with Crippen molar-refractivity contribution in [3.63, 3.8) is 0 Å². The molecule has 3 aromatic rings. The number of carbonyl (C=O) groups excluding carboxylic acids is 2. The Morgan fingerprint density at radius 3 is 2.24 bits per heavy atom. The summed E-state index contributed by atoms with van der Waals surface area (Å²) in [6.07, 6.45) is 3.34. The molecule has 9 heteroatoms. The van der Waals surface area contributed by atoms with E-state index in [0.29, 0.717) is 22.5 Å². The Morgan fingerprint density at radius 2 is 1.68 bits per heavy atom. The molecule has 0 saturated heterocycles. The molecule has 1 aliphatic carbocycles. The van der Waals surface area contributed by atoms with Crippen LogP contribution in [0.3, 0.4) is 0 Å². The smallest absolute Gasteiger partial charge is 0.258 e. The lowest BCUT2D eigenvalue weighted by molar-refractivity contribution is -0.115. The molecule has 0 atom stereocenters. The number of anilines is 2. The summed E-state index contributed by atoms with van der Waals surface area (Å²) in [5, 5.41) is 12.8. The Balaban J connectivity index is 1.41. The van der Waals surface area contributed by atoms with Gasteiger partial charge in [-0.25, -0.2) is 13.4 Å². The fourth-order valence-electron chi connectivity index (χ4n) is 4.10. The van der Waals surface area contributed by atoms with Gasteiger partial charge in [0.05, 0.1) is 24.3 Å². The Kier molecular flexibility index (Phi) is 7.99. The number of aliphatic hydroxyl groups is 1. The van der Waals surface area contributed by atoms with E-state index in [1.807, 2.05) is 31.2 Å². The average Bonchev–Trinajstić information content (AvgIpc) is 3.69. The first-order valence-corrected chi connectivity index (χ1v) is 14.2. The molecule has 4 rings (SSSR count). The van der Waals surface area contributed by atoms with Crippen molar-refractivity contribution in [2.24, 2.45) is 5.92 Å². The molecule has 0 aliphatic heterocycles. The second-order valence-electron chi connectivity index (χ2n) is 10.5. The number of nitrogens with one attached hydrogen (secondary N) is 1. The standard InChI is InChI=1S/C29H33N3O5S/c1-20-4-13-25(14-5-20)32(29(2,3)19-33)28(35)23-9-11-24(12-10-23)31-26(34)16-22-8-15-27(30-17-22)38(36,37)18-21-6-7-21/h4-5,8-15,17,21,33H,6-7,16,18-19H2,1-3H3,(H,31,34). The van der Waals surface area contributed by atoms with Gasteiger partial charge in [0.25, 0.3) is 5.91 Å². The Labute approximate surface area is 223 Å². The molecule has 2 amide bonds. The van der Waals surface area contributed by atoms with Crippen LogP contribution in [0.1, 0.15) is 48.2 Å². The number of aromatic nitrogens is 1. The van der Waals surface area contributed by atoms with Gasteiger partial charge in [-0.1, -0.05) is 23.8 Å². The quantitative estimate of drug-likeness (QED) is 0.402. The topological polar surface area (TPSA) is 117 Å². The molecule has 8 nitrogen and oxygen atoms in total. The summed E-state index contributed by atoms with van der Waals surface area (Å²) in [5.41, 5.74) is 2.44. The lowest BCUT2D eigenvalue weighted by atomic mass is 10.0. The second kappa shape index (κ2) is 11.0. The van der Waals surface area contributed by atoms with Crippen LogP contribution in [0.25, 0.3) is 0 Å². The van der Waals surface area contributed by atoms with E-state index in [1.165, 1.54) is 12.3 Å².